The minimum absolute atomic E-state index is 0.101. The molecular formula is C25H28N5O5+. The monoisotopic (exact) mass is 478 g/mol. The molecule has 0 aliphatic carbocycles. The summed E-state index contributed by atoms with van der Waals surface area (Å²) in [5, 5.41) is 8.91. The Morgan fingerprint density at radius 2 is 1.86 bits per heavy atom. The quantitative estimate of drug-likeness (QED) is 0.584. The van der Waals surface area contributed by atoms with Gasteiger partial charge in [0.25, 0.3) is 5.91 Å². The van der Waals surface area contributed by atoms with Crippen molar-refractivity contribution in [2.75, 3.05) is 32.6 Å². The van der Waals surface area contributed by atoms with E-state index in [-0.39, 0.29) is 19.0 Å². The highest BCUT2D eigenvalue weighted by molar-refractivity contribution is 6.48. The van der Waals surface area contributed by atoms with Gasteiger partial charge in [0.1, 0.15) is 23.8 Å². The fourth-order valence-corrected chi connectivity index (χ4v) is 4.27. The van der Waals surface area contributed by atoms with E-state index in [4.69, 9.17) is 9.47 Å². The van der Waals surface area contributed by atoms with Crippen molar-refractivity contribution >= 4 is 35.0 Å². The predicted octanol–water partition coefficient (Wildman–Crippen LogP) is 2.34. The summed E-state index contributed by atoms with van der Waals surface area (Å²) in [7, 11) is 3.03. The standard InChI is InChI=1S/C25H27N5O5/c1-5-30-23-22(16(2)27-30)28(25(33)29(24(23)32)14-17-9-7-6-8-10-17)15-21(31)26-19-12-11-18(34-3)13-20(19)35-4/h6-13,23H,5,14-15H2,1-4H3/p+1. The Morgan fingerprint density at radius 1 is 1.11 bits per heavy atom. The van der Waals surface area contributed by atoms with E-state index in [1.54, 1.807) is 30.1 Å². The zero-order valence-corrected chi connectivity index (χ0v) is 20.1. The zero-order valence-electron chi connectivity index (χ0n) is 20.1. The number of urea groups is 1. The van der Waals surface area contributed by atoms with Crippen LogP contribution in [-0.2, 0) is 16.1 Å². The molecular weight excluding hydrogens is 450 g/mol. The fourth-order valence-electron chi connectivity index (χ4n) is 4.27. The Labute approximate surface area is 203 Å². The maximum atomic E-state index is 13.5. The van der Waals surface area contributed by atoms with E-state index in [1.165, 1.54) is 23.7 Å². The van der Waals surface area contributed by atoms with Gasteiger partial charge in [0, 0.05) is 12.6 Å². The van der Waals surface area contributed by atoms with E-state index in [0.717, 1.165) is 5.56 Å². The summed E-state index contributed by atoms with van der Waals surface area (Å²) in [6.45, 7) is 3.92. The Hall–Kier alpha value is -4.21. The van der Waals surface area contributed by atoms with Crippen LogP contribution in [0.5, 0.6) is 11.5 Å². The molecule has 0 aromatic heterocycles. The van der Waals surface area contributed by atoms with E-state index in [1.807, 2.05) is 37.3 Å². The smallest absolute Gasteiger partial charge is 0.497 e. The lowest BCUT2D eigenvalue weighted by Gasteiger charge is -2.28. The zero-order chi connectivity index (χ0) is 25.1. The molecule has 1 atom stereocenters. The number of nitrogens with one attached hydrogen (secondary N) is 1. The number of hydrogen-bond donors (Lipinski definition) is 1. The molecule has 10 nitrogen and oxygen atoms in total. The molecule has 0 saturated carbocycles. The van der Waals surface area contributed by atoms with Gasteiger partial charge in [-0.25, -0.2) is 4.79 Å². The first-order chi connectivity index (χ1) is 16.9. The van der Waals surface area contributed by atoms with Gasteiger partial charge >= 0.3 is 11.9 Å². The number of carbonyl (C=O) groups is 3. The third-order valence-electron chi connectivity index (χ3n) is 5.95. The molecule has 0 radical (unpaired) electrons. The van der Waals surface area contributed by atoms with Crippen molar-refractivity contribution in [2.45, 2.75) is 26.4 Å². The molecule has 2 heterocycles. The van der Waals surface area contributed by atoms with Crippen LogP contribution in [0, 0.1) is 0 Å². The molecule has 10 heteroatoms. The van der Waals surface area contributed by atoms with Gasteiger partial charge in [-0.2, -0.15) is 19.4 Å². The summed E-state index contributed by atoms with van der Waals surface area (Å²) in [6, 6.07) is 12.9. The molecule has 2 aliphatic rings. The van der Waals surface area contributed by atoms with Crippen molar-refractivity contribution in [1.82, 2.24) is 9.91 Å². The predicted molar refractivity (Wildman–Crippen MR) is 130 cm³/mol. The van der Waals surface area contributed by atoms with Crippen LogP contribution in [-0.4, -0.2) is 77.1 Å². The molecule has 0 fully saturated rings. The fraction of sp³-hybridized carbons (Fsp3) is 0.320. The van der Waals surface area contributed by atoms with Crippen LogP contribution >= 0.6 is 0 Å². The summed E-state index contributed by atoms with van der Waals surface area (Å²) in [5.74, 6) is 0.205. The highest BCUT2D eigenvalue weighted by atomic mass is 16.5. The third kappa shape index (κ3) is 4.59. The number of benzene rings is 2. The first-order valence-corrected chi connectivity index (χ1v) is 11.3. The lowest BCUT2D eigenvalue weighted by Crippen LogP contribution is -2.61. The summed E-state index contributed by atoms with van der Waals surface area (Å²) < 4.78 is 11.9. The summed E-state index contributed by atoms with van der Waals surface area (Å²) in [4.78, 5) is 41.2. The molecule has 2 aromatic carbocycles. The lowest BCUT2D eigenvalue weighted by atomic mass is 10.0. The molecule has 4 amide bonds. The average molecular weight is 479 g/mol. The van der Waals surface area contributed by atoms with Gasteiger partial charge < -0.3 is 14.8 Å². The van der Waals surface area contributed by atoms with Crippen molar-refractivity contribution in [3.63, 3.8) is 0 Å². The summed E-state index contributed by atoms with van der Waals surface area (Å²) in [6.07, 6.45) is 0. The lowest BCUT2D eigenvalue weighted by molar-refractivity contribution is -0.427. The summed E-state index contributed by atoms with van der Waals surface area (Å²) >= 11 is 0. The topological polar surface area (TPSA) is 104 Å². The molecule has 0 spiro atoms. The van der Waals surface area contributed by atoms with E-state index >= 15 is 0 Å². The number of rotatable bonds is 8. The van der Waals surface area contributed by atoms with Crippen LogP contribution in [0.2, 0.25) is 0 Å². The first kappa shape index (κ1) is 23.9. The third-order valence-corrected chi connectivity index (χ3v) is 5.95. The number of methoxy groups -OCH3 is 2. The molecule has 0 saturated heterocycles. The first-order valence-electron chi connectivity index (χ1n) is 11.3. The van der Waals surface area contributed by atoms with E-state index < -0.39 is 18.0 Å². The van der Waals surface area contributed by atoms with Crippen LogP contribution in [0.3, 0.4) is 0 Å². The number of carbonyl (C=O) groups excluding carboxylic acids is 3. The van der Waals surface area contributed by atoms with Crippen LogP contribution in [0.4, 0.5) is 10.5 Å². The van der Waals surface area contributed by atoms with Gasteiger partial charge in [-0.05, 0) is 31.5 Å². The SMILES string of the molecule is CCN1N=C(C)C2=[N+](CC(=O)Nc3ccc(OC)cc3OC)C(=O)N(Cc3ccccc3)C(=O)C21. The molecule has 182 valence electrons. The van der Waals surface area contributed by atoms with Crippen molar-refractivity contribution in [3.05, 3.63) is 54.1 Å². The minimum atomic E-state index is -0.760. The second kappa shape index (κ2) is 9.96. The molecule has 2 aromatic rings. The van der Waals surface area contributed by atoms with Gasteiger partial charge in [-0.15, -0.1) is 0 Å². The van der Waals surface area contributed by atoms with Gasteiger partial charge in [-0.1, -0.05) is 30.3 Å². The van der Waals surface area contributed by atoms with Crippen molar-refractivity contribution < 1.29 is 28.4 Å². The van der Waals surface area contributed by atoms with Crippen LogP contribution < -0.4 is 14.8 Å². The number of hydrazone groups is 1. The van der Waals surface area contributed by atoms with E-state index in [9.17, 15) is 14.4 Å². The maximum absolute atomic E-state index is 13.5. The Morgan fingerprint density at radius 3 is 2.51 bits per heavy atom. The van der Waals surface area contributed by atoms with Crippen LogP contribution in [0.1, 0.15) is 19.4 Å². The number of likely N-dealkylation sites (N-methyl/N-ethyl adjacent to an activating group) is 1. The van der Waals surface area contributed by atoms with Crippen molar-refractivity contribution in [3.8, 4) is 11.5 Å². The highest BCUT2D eigenvalue weighted by Gasteiger charge is 2.54. The van der Waals surface area contributed by atoms with Gasteiger partial charge in [0.2, 0.25) is 6.04 Å². The Bertz CT molecular complexity index is 1220. The van der Waals surface area contributed by atoms with Gasteiger partial charge in [0.15, 0.2) is 12.3 Å². The normalized spacial score (nSPS) is 17.4. The molecule has 0 bridgehead atoms. The largest absolute Gasteiger partial charge is 0.501 e. The molecule has 35 heavy (non-hydrogen) atoms. The number of anilines is 1. The Balaban J connectivity index is 1.66. The van der Waals surface area contributed by atoms with Crippen molar-refractivity contribution in [1.29, 1.82) is 0 Å². The second-order valence-electron chi connectivity index (χ2n) is 8.12. The number of nitrogens with zero attached hydrogens (tertiary/aromatic N) is 4. The maximum Gasteiger partial charge on any atom is 0.501 e. The second-order valence-corrected chi connectivity index (χ2v) is 8.12. The Kier molecular flexibility index (Phi) is 6.81. The molecule has 1 N–H and O–H groups in total. The van der Waals surface area contributed by atoms with Gasteiger partial charge in [-0.3, -0.25) is 9.80 Å². The number of fused-ring (bicyclic) bond motifs is 1. The number of amides is 4. The number of imide groups is 1. The van der Waals surface area contributed by atoms with Crippen LogP contribution in [0.25, 0.3) is 0 Å². The summed E-state index contributed by atoms with van der Waals surface area (Å²) in [5.41, 5.74) is 2.22. The van der Waals surface area contributed by atoms with Crippen molar-refractivity contribution in [2.24, 2.45) is 5.10 Å². The average Bonchev–Trinajstić information content (AvgIpc) is 3.21. The molecule has 2 aliphatic heterocycles. The number of hydrogen-bond acceptors (Lipinski definition) is 7. The van der Waals surface area contributed by atoms with Gasteiger partial charge in [0.05, 0.1) is 19.9 Å². The minimum Gasteiger partial charge on any atom is -0.497 e. The molecule has 1 unspecified atom stereocenters. The molecule has 4 rings (SSSR count). The number of ether oxygens (including phenoxy) is 2. The highest BCUT2D eigenvalue weighted by Crippen LogP contribution is 2.29. The van der Waals surface area contributed by atoms with Crippen LogP contribution in [0.15, 0.2) is 53.6 Å². The van der Waals surface area contributed by atoms with E-state index in [2.05, 4.69) is 10.4 Å². The van der Waals surface area contributed by atoms with E-state index in [0.29, 0.717) is 35.2 Å².